The average Bonchev–Trinajstić information content (AvgIpc) is 3.31. The van der Waals surface area contributed by atoms with Crippen molar-refractivity contribution in [2.75, 3.05) is 42.1 Å². The monoisotopic (exact) mass is 619 g/mol. The maximum Gasteiger partial charge on any atom is 0.405 e. The van der Waals surface area contributed by atoms with E-state index in [1.165, 1.54) is 28.8 Å². The van der Waals surface area contributed by atoms with Crippen molar-refractivity contribution < 1.29 is 26.4 Å². The normalized spacial score (nSPS) is 20.6. The fourth-order valence-electron chi connectivity index (χ4n) is 5.13. The smallest absolute Gasteiger partial charge is 0.353 e. The Morgan fingerprint density at radius 1 is 1.15 bits per heavy atom. The van der Waals surface area contributed by atoms with Gasteiger partial charge in [-0.2, -0.15) is 22.8 Å². The zero-order valence-electron chi connectivity index (χ0n) is 21.3. The molecule has 3 aromatic rings. The van der Waals surface area contributed by atoms with Crippen LogP contribution in [0, 0.1) is 0 Å². The van der Waals surface area contributed by atoms with Gasteiger partial charge in [-0.3, -0.25) is 9.52 Å². The van der Waals surface area contributed by atoms with E-state index in [4.69, 9.17) is 23.2 Å². The van der Waals surface area contributed by atoms with E-state index in [9.17, 15) is 26.4 Å². The Morgan fingerprint density at radius 2 is 1.93 bits per heavy atom. The van der Waals surface area contributed by atoms with Crippen LogP contribution < -0.4 is 14.9 Å². The Kier molecular flexibility index (Phi) is 7.81. The predicted octanol–water partition coefficient (Wildman–Crippen LogP) is 4.12. The second kappa shape index (κ2) is 10.9. The van der Waals surface area contributed by atoms with Gasteiger partial charge in [-0.25, -0.2) is 13.4 Å². The molecule has 1 unspecified atom stereocenters. The highest BCUT2D eigenvalue weighted by Crippen LogP contribution is 2.35. The summed E-state index contributed by atoms with van der Waals surface area (Å²) in [6.07, 6.45) is -1.34. The molecule has 0 aliphatic carbocycles. The third-order valence-electron chi connectivity index (χ3n) is 6.90. The minimum Gasteiger partial charge on any atom is -0.353 e. The Labute approximate surface area is 238 Å². The van der Waals surface area contributed by atoms with E-state index in [1.807, 2.05) is 0 Å². The number of nitrogens with zero attached hydrogens (tertiary/aromatic N) is 5. The number of hydrogen-bond acceptors (Lipinski definition) is 7. The number of rotatable bonds is 5. The van der Waals surface area contributed by atoms with Crippen LogP contribution in [0.2, 0.25) is 10.2 Å². The number of piperidine rings is 1. The van der Waals surface area contributed by atoms with E-state index < -0.39 is 34.2 Å². The van der Waals surface area contributed by atoms with Gasteiger partial charge in [0.05, 0.1) is 29.2 Å². The molecule has 2 saturated heterocycles. The van der Waals surface area contributed by atoms with Gasteiger partial charge in [0.2, 0.25) is 10.0 Å². The Bertz CT molecular complexity index is 1550. The zero-order valence-corrected chi connectivity index (χ0v) is 23.6. The van der Waals surface area contributed by atoms with Crippen molar-refractivity contribution in [2.24, 2.45) is 0 Å². The summed E-state index contributed by atoms with van der Waals surface area (Å²) in [6.45, 7) is 0.478. The quantitative estimate of drug-likeness (QED) is 0.413. The van der Waals surface area contributed by atoms with Crippen molar-refractivity contribution in [3.63, 3.8) is 0 Å². The molecule has 1 amide bonds. The van der Waals surface area contributed by atoms with E-state index in [1.54, 1.807) is 15.9 Å². The molecule has 5 rings (SSSR count). The van der Waals surface area contributed by atoms with Crippen LogP contribution >= 0.6 is 23.2 Å². The van der Waals surface area contributed by atoms with E-state index in [0.29, 0.717) is 36.7 Å². The first-order chi connectivity index (χ1) is 18.8. The van der Waals surface area contributed by atoms with E-state index >= 15 is 0 Å². The molecular formula is C24H26Cl2F3N7O3S. The summed E-state index contributed by atoms with van der Waals surface area (Å²) in [5, 5.41) is 7.54. The fraction of sp³-hybridized carbons (Fsp3) is 0.458. The highest BCUT2D eigenvalue weighted by atomic mass is 35.5. The number of likely N-dealkylation sites (tertiary alicyclic amines) is 1. The number of carbonyl (C=O) groups excluding carboxylic acids is 1. The summed E-state index contributed by atoms with van der Waals surface area (Å²) in [6, 6.07) is 5.26. The fourth-order valence-corrected chi connectivity index (χ4v) is 6.06. The number of piperazine rings is 1. The Hall–Kier alpha value is -2.81. The lowest BCUT2D eigenvalue weighted by atomic mass is 9.98. The summed E-state index contributed by atoms with van der Waals surface area (Å²) >= 11 is 12.4. The first-order valence-corrected chi connectivity index (χ1v) is 15.1. The summed E-state index contributed by atoms with van der Waals surface area (Å²) < 4.78 is 68.0. The molecular weight excluding hydrogens is 594 g/mol. The lowest BCUT2D eigenvalue weighted by molar-refractivity contribution is -0.155. The molecule has 40 heavy (non-hydrogen) atoms. The van der Waals surface area contributed by atoms with Crippen LogP contribution in [0.15, 0.2) is 30.3 Å². The summed E-state index contributed by atoms with van der Waals surface area (Å²) in [7, 11) is -3.67. The van der Waals surface area contributed by atoms with Crippen LogP contribution in [0.4, 0.5) is 24.7 Å². The maximum atomic E-state index is 13.8. The summed E-state index contributed by atoms with van der Waals surface area (Å²) in [5.41, 5.74) is 1.02. The third-order valence-corrected chi connectivity index (χ3v) is 7.92. The lowest BCUT2D eigenvalue weighted by Crippen LogP contribution is -2.57. The van der Waals surface area contributed by atoms with Crippen molar-refractivity contribution in [1.82, 2.24) is 24.8 Å². The molecule has 2 aromatic heterocycles. The van der Waals surface area contributed by atoms with Crippen molar-refractivity contribution in [1.29, 1.82) is 0 Å². The standard InChI is InChI=1S/C24H26Cl2F3N7O3S/c1-40(38,39)33-16-6-5-14(25)10-15(16)23(37)35-8-3-2-4-18(35)17-11-21-31-20(26)12-22(36(21)32-17)34-9-7-30-19(13-34)24(27,28)29/h5-6,10-12,18-19,30,33H,2-4,7-9,13H2,1H3/t18-,19?/m0/s1. The molecule has 2 fully saturated rings. The van der Waals surface area contributed by atoms with Gasteiger partial charge in [0.1, 0.15) is 17.0 Å². The molecule has 10 nitrogen and oxygen atoms in total. The van der Waals surface area contributed by atoms with Crippen molar-refractivity contribution in [2.45, 2.75) is 37.5 Å². The van der Waals surface area contributed by atoms with Gasteiger partial charge in [-0.05, 0) is 37.5 Å². The van der Waals surface area contributed by atoms with Gasteiger partial charge >= 0.3 is 6.18 Å². The number of anilines is 2. The third kappa shape index (κ3) is 6.09. The van der Waals surface area contributed by atoms with Crippen LogP contribution in [0.25, 0.3) is 5.65 Å². The number of nitrogens with one attached hydrogen (secondary N) is 2. The number of carbonyl (C=O) groups is 1. The molecule has 16 heteroatoms. The number of aromatic nitrogens is 3. The number of fused-ring (bicyclic) bond motifs is 1. The number of amides is 1. The number of halogens is 5. The lowest BCUT2D eigenvalue weighted by Gasteiger charge is -2.36. The summed E-state index contributed by atoms with van der Waals surface area (Å²) in [5.74, 6) is -0.0723. The van der Waals surface area contributed by atoms with Crippen LogP contribution in [0.3, 0.4) is 0 Å². The van der Waals surface area contributed by atoms with Crippen LogP contribution in [0.1, 0.15) is 41.4 Å². The van der Waals surface area contributed by atoms with Gasteiger partial charge < -0.3 is 15.1 Å². The maximum absolute atomic E-state index is 13.8. The molecule has 0 radical (unpaired) electrons. The van der Waals surface area contributed by atoms with E-state index in [2.05, 4.69) is 20.1 Å². The highest BCUT2D eigenvalue weighted by Gasteiger charge is 2.42. The number of benzene rings is 1. The largest absolute Gasteiger partial charge is 0.405 e. The van der Waals surface area contributed by atoms with Gasteiger partial charge in [0.25, 0.3) is 5.91 Å². The first-order valence-electron chi connectivity index (χ1n) is 12.5. The SMILES string of the molecule is CS(=O)(=O)Nc1ccc(Cl)cc1C(=O)N1CCCC[C@H]1c1cc2nc(Cl)cc(N3CCNC(C(F)(F)F)C3)n2n1. The van der Waals surface area contributed by atoms with Crippen LogP contribution in [-0.2, 0) is 10.0 Å². The molecule has 216 valence electrons. The molecule has 2 aliphatic heterocycles. The summed E-state index contributed by atoms with van der Waals surface area (Å²) in [4.78, 5) is 21.3. The number of sulfonamides is 1. The topological polar surface area (TPSA) is 112 Å². The highest BCUT2D eigenvalue weighted by molar-refractivity contribution is 7.92. The van der Waals surface area contributed by atoms with Crippen LogP contribution in [0.5, 0.6) is 0 Å². The molecule has 2 N–H and O–H groups in total. The van der Waals surface area contributed by atoms with Crippen LogP contribution in [-0.4, -0.2) is 78.5 Å². The van der Waals surface area contributed by atoms with Crippen molar-refractivity contribution in [3.05, 3.63) is 51.8 Å². The average molecular weight is 620 g/mol. The van der Waals surface area contributed by atoms with Crippen molar-refractivity contribution >= 4 is 56.3 Å². The number of alkyl halides is 3. The zero-order chi connectivity index (χ0) is 28.8. The molecule has 0 spiro atoms. The molecule has 1 aromatic carbocycles. The Balaban J connectivity index is 1.51. The van der Waals surface area contributed by atoms with Gasteiger partial charge in [-0.1, -0.05) is 23.2 Å². The van der Waals surface area contributed by atoms with E-state index in [0.717, 1.165) is 19.1 Å². The second-order valence-electron chi connectivity index (χ2n) is 9.84. The van der Waals surface area contributed by atoms with E-state index in [-0.39, 0.29) is 34.5 Å². The first kappa shape index (κ1) is 28.7. The number of hydrogen-bond donors (Lipinski definition) is 2. The molecule has 0 saturated carbocycles. The molecule has 0 bridgehead atoms. The second-order valence-corrected chi connectivity index (χ2v) is 12.4. The molecule has 2 atom stereocenters. The Morgan fingerprint density at radius 3 is 2.65 bits per heavy atom. The van der Waals surface area contributed by atoms with Gasteiger partial charge in [0.15, 0.2) is 5.65 Å². The molecule has 2 aliphatic rings. The predicted molar refractivity (Wildman–Crippen MR) is 146 cm³/mol. The molecule has 4 heterocycles. The van der Waals surface area contributed by atoms with Gasteiger partial charge in [0, 0.05) is 43.3 Å². The minimum atomic E-state index is -4.42. The van der Waals surface area contributed by atoms with Crippen molar-refractivity contribution in [3.8, 4) is 0 Å². The van der Waals surface area contributed by atoms with Gasteiger partial charge in [-0.15, -0.1) is 0 Å². The minimum absolute atomic E-state index is 0.0921.